The summed E-state index contributed by atoms with van der Waals surface area (Å²) in [6.07, 6.45) is 7.16. The van der Waals surface area contributed by atoms with Crippen LogP contribution in [-0.2, 0) is 6.54 Å². The number of aromatic nitrogens is 2. The quantitative estimate of drug-likeness (QED) is 0.262. The largest absolute Gasteiger partial charge is 0.354 e. The Kier molecular flexibility index (Phi) is 9.10. The van der Waals surface area contributed by atoms with Gasteiger partial charge in [0.2, 0.25) is 0 Å². The van der Waals surface area contributed by atoms with Crippen LogP contribution in [0.4, 0.5) is 0 Å². The molecule has 4 rings (SSSR count). The van der Waals surface area contributed by atoms with Crippen LogP contribution in [0.1, 0.15) is 71.5 Å². The zero-order valence-electron chi connectivity index (χ0n) is 24.6. The Hall–Kier alpha value is -3.91. The SMILES string of the molecule is C=N/C(=C\C=C(/C)c1cc(C(=O)NCc2c(C)cc(C)[nH]c2=O)c2c(C)cn([C@@H](C)CC)c2c1)N1CCNCC1. The topological polar surface area (TPSA) is 94.5 Å². The zero-order valence-corrected chi connectivity index (χ0v) is 24.6. The second-order valence-corrected chi connectivity index (χ2v) is 10.8. The number of hydrogen-bond acceptors (Lipinski definition) is 5. The molecule has 1 amide bonds. The van der Waals surface area contributed by atoms with E-state index in [0.717, 1.165) is 77.3 Å². The standard InChI is InChI=1S/C32H42N6O2/c1-8-24(6)38-19-22(4)30-26(31(39)35-18-27-21(3)15-23(5)36-32(27)40)16-25(17-28(30)38)20(2)9-10-29(33-7)37-13-11-34-12-14-37/h9-10,15-17,19,24,34H,7-8,11-14,18H2,1-6H3,(H,35,39)(H,36,40)/b20-9+,29-10+/t24-/m0/s1. The number of carbonyl (C=O) groups excluding carboxylic acids is 1. The van der Waals surface area contributed by atoms with Crippen molar-refractivity contribution in [2.24, 2.45) is 4.99 Å². The van der Waals surface area contributed by atoms with Crippen LogP contribution < -0.4 is 16.2 Å². The monoisotopic (exact) mass is 542 g/mol. The van der Waals surface area contributed by atoms with E-state index in [-0.39, 0.29) is 24.1 Å². The molecule has 0 spiro atoms. The molecule has 0 radical (unpaired) electrons. The number of aryl methyl sites for hydroxylation is 3. The van der Waals surface area contributed by atoms with Crippen LogP contribution in [0.2, 0.25) is 0 Å². The first kappa shape index (κ1) is 29.1. The molecule has 8 nitrogen and oxygen atoms in total. The summed E-state index contributed by atoms with van der Waals surface area (Å²) in [6.45, 7) is 19.8. The third kappa shape index (κ3) is 6.12. The predicted molar refractivity (Wildman–Crippen MR) is 165 cm³/mol. The van der Waals surface area contributed by atoms with Crippen LogP contribution in [0.25, 0.3) is 16.5 Å². The number of fused-ring (bicyclic) bond motifs is 1. The second kappa shape index (κ2) is 12.5. The smallest absolute Gasteiger partial charge is 0.253 e. The lowest BCUT2D eigenvalue weighted by molar-refractivity contribution is 0.0952. The number of H-pyrrole nitrogens is 1. The Bertz CT molecular complexity index is 1530. The first-order chi connectivity index (χ1) is 19.1. The minimum absolute atomic E-state index is 0.160. The molecule has 0 saturated carbocycles. The van der Waals surface area contributed by atoms with Crippen LogP contribution >= 0.6 is 0 Å². The number of amides is 1. The van der Waals surface area contributed by atoms with Gasteiger partial charge in [0.1, 0.15) is 5.82 Å². The number of allylic oxidation sites excluding steroid dienone is 3. The predicted octanol–water partition coefficient (Wildman–Crippen LogP) is 5.01. The van der Waals surface area contributed by atoms with Crippen LogP contribution in [0.15, 0.2) is 52.2 Å². The fraction of sp³-hybridized carbons (Fsp3) is 0.406. The Labute approximate surface area is 236 Å². The molecular weight excluding hydrogens is 500 g/mol. The maximum atomic E-state index is 13.7. The highest BCUT2D eigenvalue weighted by Crippen LogP contribution is 2.32. The summed E-state index contributed by atoms with van der Waals surface area (Å²) in [5, 5.41) is 7.32. The summed E-state index contributed by atoms with van der Waals surface area (Å²) in [7, 11) is 0. The van der Waals surface area contributed by atoms with Crippen molar-refractivity contribution in [3.63, 3.8) is 0 Å². The van der Waals surface area contributed by atoms with Gasteiger partial charge in [-0.15, -0.1) is 0 Å². The third-order valence-electron chi connectivity index (χ3n) is 7.89. The van der Waals surface area contributed by atoms with E-state index in [0.29, 0.717) is 11.1 Å². The van der Waals surface area contributed by atoms with Gasteiger partial charge in [-0.1, -0.05) is 13.0 Å². The van der Waals surface area contributed by atoms with Gasteiger partial charge in [0, 0.05) is 72.7 Å². The number of hydrogen-bond donors (Lipinski definition) is 3. The van der Waals surface area contributed by atoms with E-state index in [1.807, 2.05) is 45.1 Å². The van der Waals surface area contributed by atoms with E-state index in [1.165, 1.54) is 0 Å². The number of rotatable bonds is 9. The van der Waals surface area contributed by atoms with Crippen LogP contribution in [0, 0.1) is 20.8 Å². The van der Waals surface area contributed by atoms with E-state index < -0.39 is 0 Å². The Balaban J connectivity index is 1.75. The molecule has 0 bridgehead atoms. The minimum Gasteiger partial charge on any atom is -0.354 e. The molecule has 1 aromatic carbocycles. The number of aromatic amines is 1. The van der Waals surface area contributed by atoms with Crippen molar-refractivity contribution in [3.8, 4) is 0 Å². The van der Waals surface area contributed by atoms with E-state index in [2.05, 4.69) is 69.8 Å². The summed E-state index contributed by atoms with van der Waals surface area (Å²) in [6, 6.07) is 6.34. The lowest BCUT2D eigenvalue weighted by Gasteiger charge is -2.29. The molecule has 3 aromatic rings. The minimum atomic E-state index is -0.200. The fourth-order valence-electron chi connectivity index (χ4n) is 5.37. The second-order valence-electron chi connectivity index (χ2n) is 10.8. The first-order valence-corrected chi connectivity index (χ1v) is 14.1. The van der Waals surface area contributed by atoms with Crippen molar-refractivity contribution >= 4 is 29.1 Å². The van der Waals surface area contributed by atoms with Gasteiger partial charge in [-0.25, -0.2) is 4.99 Å². The lowest BCUT2D eigenvalue weighted by atomic mass is 9.98. The van der Waals surface area contributed by atoms with Crippen LogP contribution in [0.3, 0.4) is 0 Å². The molecular formula is C32H42N6O2. The molecule has 2 aromatic heterocycles. The van der Waals surface area contributed by atoms with Crippen molar-refractivity contribution in [2.45, 2.75) is 60.5 Å². The van der Waals surface area contributed by atoms with Gasteiger partial charge in [-0.2, -0.15) is 0 Å². The molecule has 212 valence electrons. The molecule has 3 N–H and O–H groups in total. The van der Waals surface area contributed by atoms with Gasteiger partial charge in [0.05, 0.1) is 0 Å². The molecule has 1 fully saturated rings. The molecule has 3 heterocycles. The van der Waals surface area contributed by atoms with E-state index in [9.17, 15) is 9.59 Å². The highest BCUT2D eigenvalue weighted by atomic mass is 16.1. The maximum Gasteiger partial charge on any atom is 0.253 e. The number of benzene rings is 1. The van der Waals surface area contributed by atoms with Crippen molar-refractivity contribution in [1.29, 1.82) is 0 Å². The van der Waals surface area contributed by atoms with Crippen LogP contribution in [0.5, 0.6) is 0 Å². The van der Waals surface area contributed by atoms with Crippen molar-refractivity contribution in [3.05, 3.63) is 86.2 Å². The van der Waals surface area contributed by atoms with E-state index in [4.69, 9.17) is 0 Å². The zero-order chi connectivity index (χ0) is 29.0. The highest BCUT2D eigenvalue weighted by molar-refractivity contribution is 6.09. The third-order valence-corrected chi connectivity index (χ3v) is 7.89. The summed E-state index contributed by atoms with van der Waals surface area (Å²) in [4.78, 5) is 35.6. The fourth-order valence-corrected chi connectivity index (χ4v) is 5.37. The normalized spacial score (nSPS) is 15.4. The van der Waals surface area contributed by atoms with E-state index in [1.54, 1.807) is 0 Å². The first-order valence-electron chi connectivity index (χ1n) is 14.1. The number of aliphatic imine (C=N–C) groups is 1. The van der Waals surface area contributed by atoms with E-state index >= 15 is 0 Å². The summed E-state index contributed by atoms with van der Waals surface area (Å²) >= 11 is 0. The van der Waals surface area contributed by atoms with Gasteiger partial charge in [-0.05, 0) is 94.3 Å². The Morgan fingerprint density at radius 3 is 2.52 bits per heavy atom. The number of nitrogens with zero attached hydrogens (tertiary/aromatic N) is 3. The van der Waals surface area contributed by atoms with Crippen molar-refractivity contribution < 1.29 is 4.79 Å². The highest BCUT2D eigenvalue weighted by Gasteiger charge is 2.20. The summed E-state index contributed by atoms with van der Waals surface area (Å²) in [5.74, 6) is 0.645. The molecule has 0 unspecified atom stereocenters. The number of carbonyl (C=O) groups is 1. The maximum absolute atomic E-state index is 13.7. The van der Waals surface area contributed by atoms with Crippen molar-refractivity contribution in [1.82, 2.24) is 25.1 Å². The molecule has 1 aliphatic heterocycles. The average Bonchev–Trinajstić information content (AvgIpc) is 3.28. The molecule has 40 heavy (non-hydrogen) atoms. The van der Waals surface area contributed by atoms with Gasteiger partial charge in [0.15, 0.2) is 0 Å². The van der Waals surface area contributed by atoms with Crippen molar-refractivity contribution in [2.75, 3.05) is 26.2 Å². The molecule has 8 heteroatoms. The molecule has 0 aliphatic carbocycles. The average molecular weight is 543 g/mol. The Morgan fingerprint density at radius 2 is 1.88 bits per heavy atom. The molecule has 1 atom stereocenters. The molecule has 1 aliphatic rings. The van der Waals surface area contributed by atoms with Gasteiger partial charge < -0.3 is 25.1 Å². The van der Waals surface area contributed by atoms with Crippen LogP contribution in [-0.4, -0.2) is 53.3 Å². The van der Waals surface area contributed by atoms with Gasteiger partial charge >= 0.3 is 0 Å². The summed E-state index contributed by atoms with van der Waals surface area (Å²) < 4.78 is 2.26. The number of pyridine rings is 1. The number of nitrogens with one attached hydrogen (secondary N) is 3. The molecule has 1 saturated heterocycles. The lowest BCUT2D eigenvalue weighted by Crippen LogP contribution is -2.42. The summed E-state index contributed by atoms with van der Waals surface area (Å²) in [5.41, 5.74) is 6.73. The van der Waals surface area contributed by atoms with Gasteiger partial charge in [0.25, 0.3) is 11.5 Å². The number of piperazine rings is 1. The Morgan fingerprint density at radius 1 is 1.15 bits per heavy atom. The van der Waals surface area contributed by atoms with Gasteiger partial charge in [-0.3, -0.25) is 9.59 Å².